The first kappa shape index (κ1) is 14.9. The van der Waals surface area contributed by atoms with Crippen molar-refractivity contribution < 1.29 is 31.5 Å². The Morgan fingerprint density at radius 1 is 1.05 bits per heavy atom. The highest BCUT2D eigenvalue weighted by atomic mass is 19.2. The number of hydrogen-bond donors (Lipinski definition) is 1. The number of aromatic nitrogens is 3. The van der Waals surface area contributed by atoms with Crippen molar-refractivity contribution in [2.75, 3.05) is 6.61 Å². The number of ether oxygens (including phenoxy) is 1. The Balaban J connectivity index is 2.56. The molecule has 0 unspecified atom stereocenters. The van der Waals surface area contributed by atoms with Crippen molar-refractivity contribution in [3.8, 4) is 11.4 Å². The Kier molecular flexibility index (Phi) is 3.87. The van der Waals surface area contributed by atoms with E-state index >= 15 is 0 Å². The fourth-order valence-electron chi connectivity index (χ4n) is 1.47. The first-order valence-corrected chi connectivity index (χ1v) is 5.49. The van der Waals surface area contributed by atoms with Gasteiger partial charge in [0.1, 0.15) is 0 Å². The lowest BCUT2D eigenvalue weighted by atomic mass is 10.1. The molecule has 0 aliphatic heterocycles. The molecule has 0 atom stereocenters. The highest BCUT2D eigenvalue weighted by Gasteiger charge is 2.29. The van der Waals surface area contributed by atoms with E-state index < -0.39 is 52.3 Å². The second-order valence-electron chi connectivity index (χ2n) is 3.67. The fraction of sp³-hybridized carbons (Fsp3) is 0.182. The Hall–Kier alpha value is -2.52. The minimum Gasteiger partial charge on any atom is -0.460 e. The highest BCUT2D eigenvalue weighted by molar-refractivity contribution is 5.85. The van der Waals surface area contributed by atoms with Gasteiger partial charge in [-0.15, -0.1) is 0 Å². The number of hydrogen-bond acceptors (Lipinski definition) is 4. The summed E-state index contributed by atoms with van der Waals surface area (Å²) in [5.41, 5.74) is -1.34. The van der Waals surface area contributed by atoms with Crippen LogP contribution in [0.1, 0.15) is 17.5 Å². The van der Waals surface area contributed by atoms with Gasteiger partial charge in [-0.3, -0.25) is 5.10 Å². The molecule has 1 N–H and O–H groups in total. The van der Waals surface area contributed by atoms with E-state index in [0.29, 0.717) is 0 Å². The number of halogens is 5. The lowest BCUT2D eigenvalue weighted by Crippen LogP contribution is -2.07. The summed E-state index contributed by atoms with van der Waals surface area (Å²) in [6, 6.07) is 0. The van der Waals surface area contributed by atoms with Crippen LogP contribution in [0.5, 0.6) is 0 Å². The summed E-state index contributed by atoms with van der Waals surface area (Å²) in [6.45, 7) is 1.50. The van der Waals surface area contributed by atoms with Gasteiger partial charge in [-0.1, -0.05) is 0 Å². The van der Waals surface area contributed by atoms with E-state index in [9.17, 15) is 26.7 Å². The molecular formula is C11H6F5N3O2. The summed E-state index contributed by atoms with van der Waals surface area (Å²) in [5.74, 6) is -13.1. The summed E-state index contributed by atoms with van der Waals surface area (Å²) in [6.07, 6.45) is 0. The average molecular weight is 307 g/mol. The van der Waals surface area contributed by atoms with Crippen molar-refractivity contribution in [3.05, 3.63) is 34.9 Å². The lowest BCUT2D eigenvalue weighted by Gasteiger charge is -2.04. The van der Waals surface area contributed by atoms with Crippen LogP contribution in [0, 0.1) is 29.1 Å². The van der Waals surface area contributed by atoms with Crippen LogP contribution in [-0.4, -0.2) is 27.8 Å². The van der Waals surface area contributed by atoms with E-state index in [1.54, 1.807) is 0 Å². The quantitative estimate of drug-likeness (QED) is 0.409. The predicted octanol–water partition coefficient (Wildman–Crippen LogP) is 2.34. The third-order valence-electron chi connectivity index (χ3n) is 2.39. The molecule has 0 aliphatic carbocycles. The van der Waals surface area contributed by atoms with E-state index in [2.05, 4.69) is 14.8 Å². The molecule has 0 saturated carbocycles. The summed E-state index contributed by atoms with van der Waals surface area (Å²) < 4.78 is 70.6. The van der Waals surface area contributed by atoms with Gasteiger partial charge in [0.15, 0.2) is 29.1 Å². The average Bonchev–Trinajstić information content (AvgIpc) is 2.93. The van der Waals surface area contributed by atoms with E-state index in [4.69, 9.17) is 0 Å². The van der Waals surface area contributed by atoms with Crippen molar-refractivity contribution in [1.29, 1.82) is 0 Å². The van der Waals surface area contributed by atoms with Crippen LogP contribution in [-0.2, 0) is 4.74 Å². The van der Waals surface area contributed by atoms with Gasteiger partial charge in [0.2, 0.25) is 11.6 Å². The molecule has 2 rings (SSSR count). The zero-order chi connectivity index (χ0) is 15.7. The normalized spacial score (nSPS) is 10.8. The van der Waals surface area contributed by atoms with Crippen LogP contribution in [0.3, 0.4) is 0 Å². The molecule has 5 nitrogen and oxygen atoms in total. The van der Waals surface area contributed by atoms with Gasteiger partial charge in [0.05, 0.1) is 12.2 Å². The van der Waals surface area contributed by atoms with Crippen LogP contribution in [0.25, 0.3) is 11.4 Å². The predicted molar refractivity (Wildman–Crippen MR) is 57.6 cm³/mol. The molecule has 0 spiro atoms. The largest absolute Gasteiger partial charge is 0.460 e. The van der Waals surface area contributed by atoms with Gasteiger partial charge in [-0.2, -0.15) is 5.10 Å². The molecule has 1 aromatic heterocycles. The Bertz CT molecular complexity index is 687. The zero-order valence-electron chi connectivity index (χ0n) is 10.3. The van der Waals surface area contributed by atoms with Crippen molar-refractivity contribution in [2.45, 2.75) is 6.92 Å². The Morgan fingerprint density at radius 3 is 2.10 bits per heavy atom. The molecule has 1 aromatic carbocycles. The van der Waals surface area contributed by atoms with Gasteiger partial charge >= 0.3 is 5.97 Å². The molecule has 112 valence electrons. The summed E-state index contributed by atoms with van der Waals surface area (Å²) in [7, 11) is 0. The molecule has 0 radical (unpaired) electrons. The smallest absolute Gasteiger partial charge is 0.375 e. The zero-order valence-corrected chi connectivity index (χ0v) is 10.3. The SMILES string of the molecule is CCOC(=O)c1nc(-c2c(F)c(F)c(F)c(F)c2F)n[nH]1. The van der Waals surface area contributed by atoms with Crippen molar-refractivity contribution in [3.63, 3.8) is 0 Å². The maximum Gasteiger partial charge on any atom is 0.375 e. The topological polar surface area (TPSA) is 67.9 Å². The van der Waals surface area contributed by atoms with E-state index in [1.165, 1.54) is 6.92 Å². The van der Waals surface area contributed by atoms with E-state index in [-0.39, 0.29) is 6.61 Å². The monoisotopic (exact) mass is 307 g/mol. The van der Waals surface area contributed by atoms with Crippen molar-refractivity contribution >= 4 is 5.97 Å². The first-order valence-electron chi connectivity index (χ1n) is 5.49. The Labute approximate surface area is 113 Å². The van der Waals surface area contributed by atoms with Crippen LogP contribution >= 0.6 is 0 Å². The van der Waals surface area contributed by atoms with E-state index in [1.807, 2.05) is 5.10 Å². The number of carbonyl (C=O) groups excluding carboxylic acids is 1. The van der Waals surface area contributed by atoms with Crippen LogP contribution < -0.4 is 0 Å². The number of benzene rings is 1. The second kappa shape index (κ2) is 5.46. The molecule has 0 fully saturated rings. The van der Waals surface area contributed by atoms with Gasteiger partial charge < -0.3 is 4.74 Å². The number of nitrogens with zero attached hydrogens (tertiary/aromatic N) is 2. The van der Waals surface area contributed by atoms with Crippen LogP contribution in [0.15, 0.2) is 0 Å². The number of nitrogens with one attached hydrogen (secondary N) is 1. The maximum absolute atomic E-state index is 13.5. The molecule has 21 heavy (non-hydrogen) atoms. The molecular weight excluding hydrogens is 301 g/mol. The number of H-pyrrole nitrogens is 1. The van der Waals surface area contributed by atoms with Gasteiger partial charge in [0, 0.05) is 0 Å². The molecule has 0 amide bonds. The summed E-state index contributed by atoms with van der Waals surface area (Å²) >= 11 is 0. The van der Waals surface area contributed by atoms with Gasteiger partial charge in [0.25, 0.3) is 0 Å². The third kappa shape index (κ3) is 2.43. The molecule has 10 heteroatoms. The number of aromatic amines is 1. The molecule has 0 aliphatic rings. The maximum atomic E-state index is 13.5. The van der Waals surface area contributed by atoms with Crippen LogP contribution in [0.4, 0.5) is 22.0 Å². The molecule has 0 saturated heterocycles. The molecule has 1 heterocycles. The molecule has 2 aromatic rings. The molecule has 0 bridgehead atoms. The summed E-state index contributed by atoms with van der Waals surface area (Å²) in [5, 5.41) is 5.24. The van der Waals surface area contributed by atoms with Crippen LogP contribution in [0.2, 0.25) is 0 Å². The summed E-state index contributed by atoms with van der Waals surface area (Å²) in [4.78, 5) is 14.7. The Morgan fingerprint density at radius 2 is 1.57 bits per heavy atom. The lowest BCUT2D eigenvalue weighted by molar-refractivity contribution is 0.0512. The first-order chi connectivity index (χ1) is 9.88. The number of carbonyl (C=O) groups is 1. The minimum atomic E-state index is -2.30. The minimum absolute atomic E-state index is 0.00259. The highest BCUT2D eigenvalue weighted by Crippen LogP contribution is 2.29. The van der Waals surface area contributed by atoms with Crippen molar-refractivity contribution in [1.82, 2.24) is 15.2 Å². The standard InChI is InChI=1S/C11H6F5N3O2/c1-2-21-11(20)10-17-9(18-19-10)3-4(12)6(14)8(16)7(15)5(3)13/h2H2,1H3,(H,17,18,19). The van der Waals surface area contributed by atoms with Gasteiger partial charge in [-0.05, 0) is 6.92 Å². The van der Waals surface area contributed by atoms with Gasteiger partial charge in [-0.25, -0.2) is 31.7 Å². The fourth-order valence-corrected chi connectivity index (χ4v) is 1.47. The van der Waals surface area contributed by atoms with E-state index in [0.717, 1.165) is 0 Å². The van der Waals surface area contributed by atoms with Crippen molar-refractivity contribution in [2.24, 2.45) is 0 Å². The number of esters is 1. The third-order valence-corrected chi connectivity index (χ3v) is 2.39. The second-order valence-corrected chi connectivity index (χ2v) is 3.67. The number of rotatable bonds is 3.